The molecule has 1 aromatic carbocycles. The number of aliphatic carboxylic acids is 1. The quantitative estimate of drug-likeness (QED) is 0.925. The molecule has 1 saturated carbocycles. The Kier molecular flexibility index (Phi) is 3.37. The van der Waals surface area contributed by atoms with Crippen LogP contribution >= 0.6 is 0 Å². The van der Waals surface area contributed by atoms with Crippen LogP contribution in [0, 0.1) is 11.3 Å². The molecule has 1 aliphatic heterocycles. The number of carbonyl (C=O) groups is 2. The summed E-state index contributed by atoms with van der Waals surface area (Å²) in [6.45, 7) is 0.757. The van der Waals surface area contributed by atoms with E-state index in [4.69, 9.17) is 0 Å². The normalized spacial score (nSPS) is 25.7. The number of amides is 1. The molecule has 124 valence electrons. The van der Waals surface area contributed by atoms with Gasteiger partial charge in [0.05, 0.1) is 17.3 Å². The third kappa shape index (κ3) is 2.19. The van der Waals surface area contributed by atoms with Crippen LogP contribution in [0.15, 0.2) is 36.5 Å². The van der Waals surface area contributed by atoms with E-state index in [1.165, 1.54) is 0 Å². The molecule has 2 atom stereocenters. The maximum Gasteiger partial charge on any atom is 0.311 e. The first-order valence-corrected chi connectivity index (χ1v) is 8.10. The summed E-state index contributed by atoms with van der Waals surface area (Å²) in [5.74, 6) is -0.983. The molecule has 1 N–H and O–H groups in total. The van der Waals surface area contributed by atoms with E-state index in [-0.39, 0.29) is 24.1 Å². The number of rotatable bonds is 3. The molecule has 0 bridgehead atoms. The van der Waals surface area contributed by atoms with Crippen molar-refractivity contribution < 1.29 is 14.7 Å². The standard InChI is InChI=1S/C17H18N4O3/c22-15(14-10-21(19-18-14)13-6-2-1-3-7-13)20-9-12-5-4-8-17(12,11-20)16(23)24/h1-3,6-7,10,12H,4-5,8-9,11H2,(H,23,24)/t12-,17+/m0/s1. The number of para-hydroxylation sites is 1. The molecule has 0 unspecified atom stereocenters. The molecule has 1 aliphatic carbocycles. The van der Waals surface area contributed by atoms with E-state index in [1.54, 1.807) is 15.8 Å². The average Bonchev–Trinajstić information content (AvgIpc) is 3.29. The van der Waals surface area contributed by atoms with E-state index in [9.17, 15) is 14.7 Å². The predicted molar refractivity (Wildman–Crippen MR) is 84.7 cm³/mol. The Morgan fingerprint density at radius 3 is 2.75 bits per heavy atom. The molecular formula is C17H18N4O3. The number of aromatic nitrogens is 3. The zero-order valence-corrected chi connectivity index (χ0v) is 13.1. The molecule has 7 heteroatoms. The van der Waals surface area contributed by atoms with Crippen LogP contribution in [0.1, 0.15) is 29.8 Å². The summed E-state index contributed by atoms with van der Waals surface area (Å²) < 4.78 is 1.55. The molecule has 7 nitrogen and oxygen atoms in total. The molecule has 2 aliphatic rings. The second kappa shape index (κ2) is 5.43. The van der Waals surface area contributed by atoms with Crippen molar-refractivity contribution in [3.63, 3.8) is 0 Å². The summed E-state index contributed by atoms with van der Waals surface area (Å²) in [5.41, 5.74) is 0.300. The van der Waals surface area contributed by atoms with Crippen LogP contribution in [0.2, 0.25) is 0 Å². The second-order valence-electron chi connectivity index (χ2n) is 6.62. The largest absolute Gasteiger partial charge is 0.481 e. The fourth-order valence-electron chi connectivity index (χ4n) is 4.02. The number of hydrogen-bond acceptors (Lipinski definition) is 4. The van der Waals surface area contributed by atoms with E-state index < -0.39 is 11.4 Å². The number of fused-ring (bicyclic) bond motifs is 1. The van der Waals surface area contributed by atoms with Crippen molar-refractivity contribution in [2.75, 3.05) is 13.1 Å². The molecule has 1 saturated heterocycles. The smallest absolute Gasteiger partial charge is 0.311 e. The minimum Gasteiger partial charge on any atom is -0.481 e. The van der Waals surface area contributed by atoms with Gasteiger partial charge in [0.2, 0.25) is 0 Å². The summed E-state index contributed by atoms with van der Waals surface area (Å²) in [6.07, 6.45) is 4.03. The van der Waals surface area contributed by atoms with Crippen LogP contribution in [0.5, 0.6) is 0 Å². The van der Waals surface area contributed by atoms with E-state index in [0.29, 0.717) is 13.0 Å². The summed E-state index contributed by atoms with van der Waals surface area (Å²) in [7, 11) is 0. The molecule has 24 heavy (non-hydrogen) atoms. The van der Waals surface area contributed by atoms with E-state index in [1.807, 2.05) is 30.3 Å². The lowest BCUT2D eigenvalue weighted by Crippen LogP contribution is -2.37. The monoisotopic (exact) mass is 326 g/mol. The fourth-order valence-corrected chi connectivity index (χ4v) is 4.02. The van der Waals surface area contributed by atoms with Gasteiger partial charge in [0.1, 0.15) is 0 Å². The van der Waals surface area contributed by atoms with Gasteiger partial charge in [0, 0.05) is 13.1 Å². The van der Waals surface area contributed by atoms with Crippen LogP contribution in [-0.4, -0.2) is 50.0 Å². The van der Waals surface area contributed by atoms with Gasteiger partial charge in [0.15, 0.2) is 5.69 Å². The van der Waals surface area contributed by atoms with Crippen molar-refractivity contribution in [2.24, 2.45) is 11.3 Å². The second-order valence-corrected chi connectivity index (χ2v) is 6.62. The van der Waals surface area contributed by atoms with Crippen molar-refractivity contribution in [1.82, 2.24) is 19.9 Å². The number of carboxylic acid groups (broad SMARTS) is 1. The van der Waals surface area contributed by atoms with Crippen LogP contribution in [0.25, 0.3) is 5.69 Å². The van der Waals surface area contributed by atoms with Gasteiger partial charge < -0.3 is 10.0 Å². The minimum absolute atomic E-state index is 0.0446. The van der Waals surface area contributed by atoms with Gasteiger partial charge in [-0.05, 0) is 30.9 Å². The van der Waals surface area contributed by atoms with Gasteiger partial charge in [-0.25, -0.2) is 4.68 Å². The highest BCUT2D eigenvalue weighted by Gasteiger charge is 2.56. The van der Waals surface area contributed by atoms with Crippen molar-refractivity contribution in [3.05, 3.63) is 42.2 Å². The number of nitrogens with zero attached hydrogens (tertiary/aromatic N) is 4. The zero-order valence-electron chi connectivity index (χ0n) is 13.1. The van der Waals surface area contributed by atoms with Crippen molar-refractivity contribution in [3.8, 4) is 5.69 Å². The lowest BCUT2D eigenvalue weighted by molar-refractivity contribution is -0.149. The number of likely N-dealkylation sites (tertiary alicyclic amines) is 1. The van der Waals surface area contributed by atoms with Crippen LogP contribution in [-0.2, 0) is 4.79 Å². The Morgan fingerprint density at radius 1 is 1.25 bits per heavy atom. The van der Waals surface area contributed by atoms with E-state index >= 15 is 0 Å². The highest BCUT2D eigenvalue weighted by atomic mass is 16.4. The first-order chi connectivity index (χ1) is 11.6. The van der Waals surface area contributed by atoms with Gasteiger partial charge in [-0.1, -0.05) is 29.8 Å². The van der Waals surface area contributed by atoms with Gasteiger partial charge in [-0.15, -0.1) is 5.10 Å². The summed E-state index contributed by atoms with van der Waals surface area (Å²) in [4.78, 5) is 26.1. The Balaban J connectivity index is 1.55. The Bertz CT molecular complexity index is 788. The molecule has 1 aromatic heterocycles. The zero-order chi connectivity index (χ0) is 16.7. The molecule has 2 aromatic rings. The lowest BCUT2D eigenvalue weighted by Gasteiger charge is -2.22. The van der Waals surface area contributed by atoms with Crippen LogP contribution < -0.4 is 0 Å². The average molecular weight is 326 g/mol. The van der Waals surface area contributed by atoms with Crippen LogP contribution in [0.3, 0.4) is 0 Å². The minimum atomic E-state index is -0.784. The Hall–Kier alpha value is -2.70. The summed E-state index contributed by atoms with van der Waals surface area (Å²) in [6, 6.07) is 9.43. The first kappa shape index (κ1) is 14.9. The van der Waals surface area contributed by atoms with Crippen molar-refractivity contribution in [1.29, 1.82) is 0 Å². The highest BCUT2D eigenvalue weighted by molar-refractivity contribution is 5.93. The summed E-state index contributed by atoms with van der Waals surface area (Å²) in [5, 5.41) is 17.6. The predicted octanol–water partition coefficient (Wildman–Crippen LogP) is 1.59. The van der Waals surface area contributed by atoms with E-state index in [0.717, 1.165) is 18.5 Å². The fraction of sp³-hybridized carbons (Fsp3) is 0.412. The molecule has 0 radical (unpaired) electrons. The molecule has 2 fully saturated rings. The number of carbonyl (C=O) groups excluding carboxylic acids is 1. The van der Waals surface area contributed by atoms with Gasteiger partial charge in [-0.2, -0.15) is 0 Å². The number of carboxylic acids is 1. The highest BCUT2D eigenvalue weighted by Crippen LogP contribution is 2.49. The number of benzene rings is 1. The van der Waals surface area contributed by atoms with Crippen LogP contribution in [0.4, 0.5) is 0 Å². The topological polar surface area (TPSA) is 88.3 Å². The molecular weight excluding hydrogens is 308 g/mol. The molecule has 0 spiro atoms. The third-order valence-corrected chi connectivity index (χ3v) is 5.32. The molecule has 1 amide bonds. The maximum atomic E-state index is 12.7. The molecule has 4 rings (SSSR count). The Labute approximate surface area is 138 Å². The van der Waals surface area contributed by atoms with E-state index in [2.05, 4.69) is 10.3 Å². The van der Waals surface area contributed by atoms with Crippen molar-refractivity contribution >= 4 is 11.9 Å². The SMILES string of the molecule is O=C(c1cn(-c2ccccc2)nn1)N1C[C@@H]2CCC[C@@]2(C(=O)O)C1. The Morgan fingerprint density at radius 2 is 2.04 bits per heavy atom. The van der Waals surface area contributed by atoms with Crippen molar-refractivity contribution in [2.45, 2.75) is 19.3 Å². The first-order valence-electron chi connectivity index (χ1n) is 8.10. The molecule has 2 heterocycles. The van der Waals surface area contributed by atoms with Gasteiger partial charge >= 0.3 is 5.97 Å². The lowest BCUT2D eigenvalue weighted by atomic mass is 9.81. The van der Waals surface area contributed by atoms with Gasteiger partial charge in [0.25, 0.3) is 5.91 Å². The maximum absolute atomic E-state index is 12.7. The third-order valence-electron chi connectivity index (χ3n) is 5.32. The van der Waals surface area contributed by atoms with Gasteiger partial charge in [-0.3, -0.25) is 9.59 Å². The summed E-state index contributed by atoms with van der Waals surface area (Å²) >= 11 is 0. The number of hydrogen-bond donors (Lipinski definition) is 1.